The van der Waals surface area contributed by atoms with E-state index in [1.54, 1.807) is 7.11 Å². The number of nitrogens with zero attached hydrogens (tertiary/aromatic N) is 1. The molecule has 0 spiro atoms. The Labute approximate surface area is 144 Å². The standard InChI is InChI=1S/C18H28N2O4/c1-3-23-11-6-12-24-18(21)17(14-19)15-7-4-8-16(13-15)20-9-5-10-22-2/h13,20H,3-12H2,1-2H3/b17-15-. The average Bonchev–Trinajstić information content (AvgIpc) is 2.60. The van der Waals surface area contributed by atoms with Crippen LogP contribution in [0.4, 0.5) is 0 Å². The highest BCUT2D eigenvalue weighted by molar-refractivity contribution is 5.94. The number of rotatable bonds is 11. The van der Waals surface area contributed by atoms with Crippen LogP contribution < -0.4 is 5.32 Å². The summed E-state index contributed by atoms with van der Waals surface area (Å²) in [6, 6.07) is 2.00. The molecule has 0 bridgehead atoms. The zero-order chi connectivity index (χ0) is 17.6. The maximum atomic E-state index is 12.1. The van der Waals surface area contributed by atoms with E-state index in [4.69, 9.17) is 14.2 Å². The number of carbonyl (C=O) groups is 1. The molecule has 1 N–H and O–H groups in total. The summed E-state index contributed by atoms with van der Waals surface area (Å²) in [6.07, 6.45) is 6.03. The van der Waals surface area contributed by atoms with Gasteiger partial charge in [0.05, 0.1) is 6.61 Å². The minimum absolute atomic E-state index is 0.113. The van der Waals surface area contributed by atoms with E-state index in [9.17, 15) is 10.1 Å². The van der Waals surface area contributed by atoms with Crippen LogP contribution in [0.3, 0.4) is 0 Å². The predicted molar refractivity (Wildman–Crippen MR) is 91.1 cm³/mol. The van der Waals surface area contributed by atoms with Crippen LogP contribution >= 0.6 is 0 Å². The Morgan fingerprint density at radius 3 is 2.83 bits per heavy atom. The van der Waals surface area contributed by atoms with Gasteiger partial charge in [-0.15, -0.1) is 0 Å². The summed E-state index contributed by atoms with van der Waals surface area (Å²) in [7, 11) is 1.68. The van der Waals surface area contributed by atoms with Crippen molar-refractivity contribution in [1.29, 1.82) is 5.26 Å². The van der Waals surface area contributed by atoms with E-state index >= 15 is 0 Å². The summed E-state index contributed by atoms with van der Waals surface area (Å²) in [5, 5.41) is 12.7. The highest BCUT2D eigenvalue weighted by Gasteiger charge is 2.18. The van der Waals surface area contributed by atoms with Crippen LogP contribution in [-0.4, -0.2) is 46.1 Å². The third-order valence-corrected chi connectivity index (χ3v) is 3.63. The Kier molecular flexibility index (Phi) is 10.6. The van der Waals surface area contributed by atoms with E-state index in [-0.39, 0.29) is 12.2 Å². The average molecular weight is 336 g/mol. The van der Waals surface area contributed by atoms with Gasteiger partial charge in [-0.2, -0.15) is 5.26 Å². The summed E-state index contributed by atoms with van der Waals surface area (Å²) in [5.41, 5.74) is 1.93. The highest BCUT2D eigenvalue weighted by atomic mass is 16.5. The van der Waals surface area contributed by atoms with Gasteiger partial charge in [0, 0.05) is 45.6 Å². The van der Waals surface area contributed by atoms with Crippen molar-refractivity contribution in [2.75, 3.05) is 40.1 Å². The van der Waals surface area contributed by atoms with Crippen molar-refractivity contribution in [2.45, 2.75) is 39.0 Å². The number of esters is 1. The summed E-state index contributed by atoms with van der Waals surface area (Å²) in [5.74, 6) is -0.541. The van der Waals surface area contributed by atoms with E-state index in [1.165, 1.54) is 0 Å². The van der Waals surface area contributed by atoms with Gasteiger partial charge in [-0.3, -0.25) is 0 Å². The van der Waals surface area contributed by atoms with Crippen LogP contribution in [0.25, 0.3) is 0 Å². The molecule has 0 saturated carbocycles. The van der Waals surface area contributed by atoms with Gasteiger partial charge in [-0.05, 0) is 44.3 Å². The molecule has 0 amide bonds. The third kappa shape index (κ3) is 7.62. The van der Waals surface area contributed by atoms with Gasteiger partial charge in [0.25, 0.3) is 0 Å². The van der Waals surface area contributed by atoms with Crippen molar-refractivity contribution < 1.29 is 19.0 Å². The van der Waals surface area contributed by atoms with Crippen LogP contribution in [0.5, 0.6) is 0 Å². The quantitative estimate of drug-likeness (QED) is 0.270. The molecule has 0 unspecified atom stereocenters. The van der Waals surface area contributed by atoms with E-state index < -0.39 is 5.97 Å². The Bertz CT molecular complexity index is 492. The van der Waals surface area contributed by atoms with Crippen molar-refractivity contribution in [3.8, 4) is 6.07 Å². The number of ether oxygens (including phenoxy) is 3. The van der Waals surface area contributed by atoms with Gasteiger partial charge < -0.3 is 19.5 Å². The van der Waals surface area contributed by atoms with Crippen LogP contribution in [-0.2, 0) is 19.0 Å². The summed E-state index contributed by atoms with van der Waals surface area (Å²) < 4.78 is 15.4. The zero-order valence-corrected chi connectivity index (χ0v) is 14.7. The molecule has 0 aromatic heterocycles. The molecule has 24 heavy (non-hydrogen) atoms. The number of nitrogens with one attached hydrogen (secondary N) is 1. The molecule has 0 radical (unpaired) electrons. The molecule has 134 valence electrons. The lowest BCUT2D eigenvalue weighted by Crippen LogP contribution is -2.19. The van der Waals surface area contributed by atoms with Crippen molar-refractivity contribution in [3.63, 3.8) is 0 Å². The van der Waals surface area contributed by atoms with Crippen LogP contribution in [0.1, 0.15) is 39.0 Å². The monoisotopic (exact) mass is 336 g/mol. The number of hydrogen-bond acceptors (Lipinski definition) is 6. The number of nitriles is 1. The lowest BCUT2D eigenvalue weighted by molar-refractivity contribution is -0.139. The molecule has 0 saturated heterocycles. The molecule has 6 nitrogen and oxygen atoms in total. The van der Waals surface area contributed by atoms with Crippen LogP contribution in [0, 0.1) is 11.3 Å². The van der Waals surface area contributed by atoms with Crippen LogP contribution in [0.2, 0.25) is 0 Å². The predicted octanol–water partition coefficient (Wildman–Crippen LogP) is 2.47. The minimum Gasteiger partial charge on any atom is -0.461 e. The summed E-state index contributed by atoms with van der Waals surface area (Å²) >= 11 is 0. The Morgan fingerprint density at radius 1 is 1.29 bits per heavy atom. The summed E-state index contributed by atoms with van der Waals surface area (Å²) in [4.78, 5) is 12.1. The molecule has 0 aliphatic heterocycles. The Hall–Kier alpha value is -1.84. The maximum Gasteiger partial charge on any atom is 0.349 e. The number of hydrogen-bond donors (Lipinski definition) is 1. The van der Waals surface area contributed by atoms with Gasteiger partial charge >= 0.3 is 5.97 Å². The minimum atomic E-state index is -0.541. The molecule has 0 heterocycles. The normalized spacial score (nSPS) is 16.1. The molecule has 0 aromatic rings. The molecule has 0 fully saturated rings. The Morgan fingerprint density at radius 2 is 2.12 bits per heavy atom. The molecule has 0 aromatic carbocycles. The first-order chi connectivity index (χ1) is 11.7. The largest absolute Gasteiger partial charge is 0.461 e. The number of carbonyl (C=O) groups excluding carboxylic acids is 1. The van der Waals surface area contributed by atoms with E-state index in [2.05, 4.69) is 5.32 Å². The fourth-order valence-electron chi connectivity index (χ4n) is 2.42. The molecular formula is C18H28N2O4. The molecule has 6 heteroatoms. The maximum absolute atomic E-state index is 12.1. The smallest absolute Gasteiger partial charge is 0.349 e. The molecule has 1 aliphatic rings. The van der Waals surface area contributed by atoms with Crippen molar-refractivity contribution in [1.82, 2.24) is 5.32 Å². The van der Waals surface area contributed by atoms with Crippen LogP contribution in [0.15, 0.2) is 22.9 Å². The molecule has 1 aliphatic carbocycles. The SMILES string of the molecule is CCOCCCOC(=O)/C(C#N)=C1\C=C(NCCCOC)CCC1. The first kappa shape index (κ1) is 20.2. The molecular weight excluding hydrogens is 308 g/mol. The lowest BCUT2D eigenvalue weighted by atomic mass is 9.95. The third-order valence-electron chi connectivity index (χ3n) is 3.63. The van der Waals surface area contributed by atoms with Crippen molar-refractivity contribution >= 4 is 5.97 Å². The lowest BCUT2D eigenvalue weighted by Gasteiger charge is -2.18. The van der Waals surface area contributed by atoms with E-state index in [1.807, 2.05) is 19.1 Å². The van der Waals surface area contributed by atoms with Gasteiger partial charge in [0.1, 0.15) is 11.6 Å². The highest BCUT2D eigenvalue weighted by Crippen LogP contribution is 2.24. The number of allylic oxidation sites excluding steroid dienone is 3. The van der Waals surface area contributed by atoms with E-state index in [0.717, 1.165) is 43.5 Å². The van der Waals surface area contributed by atoms with Crippen molar-refractivity contribution in [3.05, 3.63) is 22.9 Å². The fourth-order valence-corrected chi connectivity index (χ4v) is 2.42. The van der Waals surface area contributed by atoms with E-state index in [0.29, 0.717) is 26.2 Å². The first-order valence-corrected chi connectivity index (χ1v) is 8.54. The molecule has 1 rings (SSSR count). The second kappa shape index (κ2) is 12.6. The number of methoxy groups -OCH3 is 1. The summed E-state index contributed by atoms with van der Waals surface area (Å²) in [6.45, 7) is 4.91. The fraction of sp³-hybridized carbons (Fsp3) is 0.667. The second-order valence-corrected chi connectivity index (χ2v) is 5.49. The van der Waals surface area contributed by atoms with Gasteiger partial charge in [-0.1, -0.05) is 0 Å². The first-order valence-electron chi connectivity index (χ1n) is 8.54. The van der Waals surface area contributed by atoms with Gasteiger partial charge in [0.2, 0.25) is 0 Å². The zero-order valence-electron chi connectivity index (χ0n) is 14.7. The topological polar surface area (TPSA) is 80.6 Å². The molecule has 0 atom stereocenters. The van der Waals surface area contributed by atoms with Crippen molar-refractivity contribution in [2.24, 2.45) is 0 Å². The Balaban J connectivity index is 2.58. The van der Waals surface area contributed by atoms with Gasteiger partial charge in [0.15, 0.2) is 0 Å². The van der Waals surface area contributed by atoms with Gasteiger partial charge in [-0.25, -0.2) is 4.79 Å². The second-order valence-electron chi connectivity index (χ2n) is 5.49.